The van der Waals surface area contributed by atoms with Crippen molar-refractivity contribution in [2.75, 3.05) is 24.4 Å². The second-order valence-electron chi connectivity index (χ2n) is 2.80. The molecule has 1 rings (SSSR count). The first-order valence-electron chi connectivity index (χ1n) is 4.23. The quantitative estimate of drug-likeness (QED) is 0.828. The van der Waals surface area contributed by atoms with E-state index in [9.17, 15) is 0 Å². The third-order valence-corrected chi connectivity index (χ3v) is 2.88. The van der Waals surface area contributed by atoms with Gasteiger partial charge >= 0.3 is 0 Å². The molecule has 1 aromatic carbocycles. The average Bonchev–Trinajstić information content (AvgIpc) is 2.16. The fourth-order valence-corrected chi connectivity index (χ4v) is 1.82. The number of aryl methyl sites for hydroxylation is 1. The lowest BCUT2D eigenvalue weighted by molar-refractivity contribution is 1.16. The van der Waals surface area contributed by atoms with E-state index >= 15 is 0 Å². The van der Waals surface area contributed by atoms with Crippen molar-refractivity contribution in [3.63, 3.8) is 0 Å². The Morgan fingerprint density at radius 3 is 2.77 bits per heavy atom. The number of hydrogen-bond acceptors (Lipinski definition) is 2. The summed E-state index contributed by atoms with van der Waals surface area (Å²) in [4.78, 5) is 0. The first-order chi connectivity index (χ1) is 6.27. The molecule has 1 aromatic rings. The van der Waals surface area contributed by atoms with Crippen molar-refractivity contribution >= 4 is 29.1 Å². The third kappa shape index (κ3) is 3.12. The molecule has 0 amide bonds. The Labute approximate surface area is 88.9 Å². The van der Waals surface area contributed by atoms with Crippen molar-refractivity contribution in [3.8, 4) is 0 Å². The molecule has 0 aliphatic rings. The minimum atomic E-state index is 0.862. The largest absolute Gasteiger partial charge is 0.388 e. The van der Waals surface area contributed by atoms with E-state index in [-0.39, 0.29) is 0 Å². The zero-order valence-corrected chi connectivity index (χ0v) is 9.50. The molecule has 0 heterocycles. The molecule has 0 radical (unpaired) electrons. The van der Waals surface area contributed by atoms with Gasteiger partial charge in [0.15, 0.2) is 0 Å². The maximum Gasteiger partial charge on any atom is 0.0458 e. The molecule has 0 fully saturated rings. The molecule has 0 unspecified atom stereocenters. The lowest BCUT2D eigenvalue weighted by Gasteiger charge is -2.05. The van der Waals surface area contributed by atoms with E-state index in [0.29, 0.717) is 0 Å². The first-order valence-corrected chi connectivity index (χ1v) is 6.00. The summed E-state index contributed by atoms with van der Waals surface area (Å²) in [6.45, 7) is 0. The van der Waals surface area contributed by atoms with Crippen LogP contribution in [-0.2, 0) is 6.42 Å². The fraction of sp³-hybridized carbons (Fsp3) is 0.400. The van der Waals surface area contributed by atoms with Crippen molar-refractivity contribution in [2.24, 2.45) is 0 Å². The van der Waals surface area contributed by atoms with E-state index in [1.54, 1.807) is 0 Å². The SMILES string of the molecule is CNc1ccc(CCSC)c(Cl)c1. The minimum absolute atomic E-state index is 0.862. The number of benzene rings is 1. The maximum atomic E-state index is 6.09. The summed E-state index contributed by atoms with van der Waals surface area (Å²) in [5.74, 6) is 1.12. The highest BCUT2D eigenvalue weighted by Crippen LogP contribution is 2.21. The van der Waals surface area contributed by atoms with Gasteiger partial charge in [0.05, 0.1) is 0 Å². The molecule has 0 saturated carbocycles. The second kappa shape index (κ2) is 5.40. The smallest absolute Gasteiger partial charge is 0.0458 e. The monoisotopic (exact) mass is 215 g/mol. The van der Waals surface area contributed by atoms with Gasteiger partial charge < -0.3 is 5.32 Å². The molecule has 0 atom stereocenters. The Hall–Kier alpha value is -0.340. The molecule has 1 nitrogen and oxygen atoms in total. The van der Waals surface area contributed by atoms with Crippen LogP contribution in [-0.4, -0.2) is 19.1 Å². The van der Waals surface area contributed by atoms with Crippen LogP contribution in [0.15, 0.2) is 18.2 Å². The Morgan fingerprint density at radius 1 is 1.46 bits per heavy atom. The van der Waals surface area contributed by atoms with Gasteiger partial charge in [0, 0.05) is 17.8 Å². The highest BCUT2D eigenvalue weighted by Gasteiger charge is 2.00. The highest BCUT2D eigenvalue weighted by atomic mass is 35.5. The van der Waals surface area contributed by atoms with Gasteiger partial charge in [-0.15, -0.1) is 0 Å². The topological polar surface area (TPSA) is 12.0 Å². The molecule has 3 heteroatoms. The summed E-state index contributed by atoms with van der Waals surface area (Å²) in [7, 11) is 1.90. The second-order valence-corrected chi connectivity index (χ2v) is 4.19. The van der Waals surface area contributed by atoms with Crippen LogP contribution >= 0.6 is 23.4 Å². The van der Waals surface area contributed by atoms with Gasteiger partial charge in [-0.2, -0.15) is 11.8 Å². The van der Waals surface area contributed by atoms with Crippen LogP contribution in [0.4, 0.5) is 5.69 Å². The van der Waals surface area contributed by atoms with Crippen molar-refractivity contribution < 1.29 is 0 Å². The van der Waals surface area contributed by atoms with Crippen LogP contribution < -0.4 is 5.32 Å². The van der Waals surface area contributed by atoms with Crippen molar-refractivity contribution in [1.82, 2.24) is 0 Å². The fourth-order valence-electron chi connectivity index (χ4n) is 1.12. The summed E-state index contributed by atoms with van der Waals surface area (Å²) in [6, 6.07) is 6.11. The molecule has 72 valence electrons. The van der Waals surface area contributed by atoms with Crippen LogP contribution in [0.5, 0.6) is 0 Å². The van der Waals surface area contributed by atoms with Gasteiger partial charge in [0.1, 0.15) is 0 Å². The van der Waals surface area contributed by atoms with Crippen LogP contribution in [0.3, 0.4) is 0 Å². The van der Waals surface area contributed by atoms with E-state index in [0.717, 1.165) is 22.9 Å². The Morgan fingerprint density at radius 2 is 2.23 bits per heavy atom. The van der Waals surface area contributed by atoms with Gasteiger partial charge in [-0.05, 0) is 36.1 Å². The number of hydrogen-bond donors (Lipinski definition) is 1. The molecule has 1 N–H and O–H groups in total. The van der Waals surface area contributed by atoms with Crippen molar-refractivity contribution in [2.45, 2.75) is 6.42 Å². The molecular formula is C10H14ClNS. The van der Waals surface area contributed by atoms with Crippen molar-refractivity contribution in [1.29, 1.82) is 0 Å². The van der Waals surface area contributed by atoms with E-state index in [1.807, 2.05) is 24.9 Å². The maximum absolute atomic E-state index is 6.09. The van der Waals surface area contributed by atoms with Crippen LogP contribution in [0.2, 0.25) is 5.02 Å². The Kier molecular flexibility index (Phi) is 4.46. The van der Waals surface area contributed by atoms with Gasteiger partial charge in [-0.1, -0.05) is 17.7 Å². The standard InChI is InChI=1S/C10H14ClNS/c1-12-9-4-3-8(5-6-13-2)10(11)7-9/h3-4,7,12H,5-6H2,1-2H3. The molecular weight excluding hydrogens is 202 g/mol. The zero-order valence-electron chi connectivity index (χ0n) is 7.93. The molecule has 13 heavy (non-hydrogen) atoms. The summed E-state index contributed by atoms with van der Waals surface area (Å²) in [5.41, 5.74) is 2.30. The predicted molar refractivity (Wildman–Crippen MR) is 63.1 cm³/mol. The van der Waals surface area contributed by atoms with Crippen LogP contribution in [0.25, 0.3) is 0 Å². The van der Waals surface area contributed by atoms with Crippen LogP contribution in [0.1, 0.15) is 5.56 Å². The molecule has 0 saturated heterocycles. The lowest BCUT2D eigenvalue weighted by atomic mass is 10.1. The number of nitrogens with one attached hydrogen (secondary N) is 1. The first kappa shape index (κ1) is 10.7. The predicted octanol–water partition coefficient (Wildman–Crippen LogP) is 3.29. The summed E-state index contributed by atoms with van der Waals surface area (Å²) >= 11 is 7.94. The van der Waals surface area contributed by atoms with Crippen molar-refractivity contribution in [3.05, 3.63) is 28.8 Å². The van der Waals surface area contributed by atoms with E-state index in [2.05, 4.69) is 23.7 Å². The van der Waals surface area contributed by atoms with E-state index < -0.39 is 0 Å². The number of thioether (sulfide) groups is 1. The summed E-state index contributed by atoms with van der Waals surface area (Å²) in [6.07, 6.45) is 3.15. The number of halogens is 1. The Bertz CT molecular complexity index is 276. The molecule has 0 aliphatic carbocycles. The summed E-state index contributed by atoms with van der Waals surface area (Å²) in [5, 5.41) is 3.92. The summed E-state index contributed by atoms with van der Waals surface area (Å²) < 4.78 is 0. The van der Waals surface area contributed by atoms with E-state index in [4.69, 9.17) is 11.6 Å². The molecule has 0 aromatic heterocycles. The Balaban J connectivity index is 2.73. The number of rotatable bonds is 4. The van der Waals surface area contributed by atoms with E-state index in [1.165, 1.54) is 5.56 Å². The third-order valence-electron chi connectivity index (χ3n) is 1.92. The molecule has 0 aliphatic heterocycles. The van der Waals surface area contributed by atoms with Gasteiger partial charge in [-0.25, -0.2) is 0 Å². The minimum Gasteiger partial charge on any atom is -0.388 e. The van der Waals surface area contributed by atoms with Gasteiger partial charge in [0.25, 0.3) is 0 Å². The highest BCUT2D eigenvalue weighted by molar-refractivity contribution is 7.98. The number of anilines is 1. The normalized spacial score (nSPS) is 10.1. The average molecular weight is 216 g/mol. The van der Waals surface area contributed by atoms with Crippen LogP contribution in [0, 0.1) is 0 Å². The van der Waals surface area contributed by atoms with Gasteiger partial charge in [-0.3, -0.25) is 0 Å². The molecule has 0 bridgehead atoms. The van der Waals surface area contributed by atoms with Gasteiger partial charge in [0.2, 0.25) is 0 Å². The lowest BCUT2D eigenvalue weighted by Crippen LogP contribution is -1.92. The zero-order chi connectivity index (χ0) is 9.68. The molecule has 0 spiro atoms.